The van der Waals surface area contributed by atoms with Crippen LogP contribution < -0.4 is 10.1 Å². The standard InChI is InChI=1S/C17H27NO2/c1-3-5-7-12-17(19)18-15-10-9-11-16(14-15)20-13-8-6-4-2/h9-11,14H,3-8,12-13H2,1-2H3,(H,18,19). The fraction of sp³-hybridized carbons (Fsp3) is 0.588. The Kier molecular flexibility index (Phi) is 8.52. The van der Waals surface area contributed by atoms with Gasteiger partial charge in [-0.3, -0.25) is 4.79 Å². The molecule has 0 saturated carbocycles. The number of hydrogen-bond acceptors (Lipinski definition) is 2. The van der Waals surface area contributed by atoms with Crippen LogP contribution in [0, 0.1) is 0 Å². The van der Waals surface area contributed by atoms with Crippen molar-refractivity contribution in [3.05, 3.63) is 24.3 Å². The molecule has 0 aliphatic heterocycles. The van der Waals surface area contributed by atoms with Crippen molar-refractivity contribution >= 4 is 11.6 Å². The summed E-state index contributed by atoms with van der Waals surface area (Å²) < 4.78 is 5.68. The van der Waals surface area contributed by atoms with Crippen molar-refractivity contribution in [1.29, 1.82) is 0 Å². The third-order valence-corrected chi connectivity index (χ3v) is 3.14. The van der Waals surface area contributed by atoms with Crippen molar-refractivity contribution in [2.45, 2.75) is 58.8 Å². The zero-order valence-electron chi connectivity index (χ0n) is 12.8. The van der Waals surface area contributed by atoms with E-state index in [0.717, 1.165) is 43.7 Å². The number of unbranched alkanes of at least 4 members (excludes halogenated alkanes) is 4. The highest BCUT2D eigenvalue weighted by atomic mass is 16.5. The van der Waals surface area contributed by atoms with Crippen LogP contribution in [0.5, 0.6) is 5.75 Å². The first-order valence-corrected chi connectivity index (χ1v) is 7.79. The zero-order chi connectivity index (χ0) is 14.6. The third-order valence-electron chi connectivity index (χ3n) is 3.14. The number of carbonyl (C=O) groups excluding carboxylic acids is 1. The first-order chi connectivity index (χ1) is 9.76. The molecule has 0 aliphatic carbocycles. The first-order valence-electron chi connectivity index (χ1n) is 7.79. The fourth-order valence-corrected chi connectivity index (χ4v) is 1.96. The fourth-order valence-electron chi connectivity index (χ4n) is 1.96. The van der Waals surface area contributed by atoms with Crippen molar-refractivity contribution < 1.29 is 9.53 Å². The summed E-state index contributed by atoms with van der Waals surface area (Å²) in [5, 5.41) is 2.92. The SMILES string of the molecule is CCCCCOc1cccc(NC(=O)CCCCC)c1. The molecular formula is C17H27NO2. The second-order valence-electron chi connectivity index (χ2n) is 5.09. The summed E-state index contributed by atoms with van der Waals surface area (Å²) >= 11 is 0. The average molecular weight is 277 g/mol. The minimum absolute atomic E-state index is 0.0848. The highest BCUT2D eigenvalue weighted by Gasteiger charge is 2.03. The number of hydrogen-bond donors (Lipinski definition) is 1. The van der Waals surface area contributed by atoms with Crippen LogP contribution in [0.25, 0.3) is 0 Å². The molecule has 0 heterocycles. The van der Waals surface area contributed by atoms with Gasteiger partial charge in [0, 0.05) is 18.2 Å². The summed E-state index contributed by atoms with van der Waals surface area (Å²) in [6.45, 7) is 5.05. The van der Waals surface area contributed by atoms with Gasteiger partial charge in [0.1, 0.15) is 5.75 Å². The van der Waals surface area contributed by atoms with Crippen LogP contribution in [0.3, 0.4) is 0 Å². The van der Waals surface area contributed by atoms with E-state index in [2.05, 4.69) is 19.2 Å². The van der Waals surface area contributed by atoms with E-state index in [9.17, 15) is 4.79 Å². The lowest BCUT2D eigenvalue weighted by molar-refractivity contribution is -0.116. The highest BCUT2D eigenvalue weighted by Crippen LogP contribution is 2.18. The van der Waals surface area contributed by atoms with Crippen LogP contribution >= 0.6 is 0 Å². The van der Waals surface area contributed by atoms with Gasteiger partial charge < -0.3 is 10.1 Å². The van der Waals surface area contributed by atoms with Crippen LogP contribution in [-0.4, -0.2) is 12.5 Å². The Bertz CT molecular complexity index is 390. The number of benzene rings is 1. The van der Waals surface area contributed by atoms with Crippen LogP contribution in [0.2, 0.25) is 0 Å². The predicted molar refractivity (Wildman–Crippen MR) is 84.2 cm³/mol. The van der Waals surface area contributed by atoms with E-state index in [4.69, 9.17) is 4.74 Å². The smallest absolute Gasteiger partial charge is 0.224 e. The van der Waals surface area contributed by atoms with E-state index in [1.807, 2.05) is 24.3 Å². The maximum absolute atomic E-state index is 11.7. The molecule has 0 saturated heterocycles. The van der Waals surface area contributed by atoms with Gasteiger partial charge >= 0.3 is 0 Å². The van der Waals surface area contributed by atoms with Crippen LogP contribution in [-0.2, 0) is 4.79 Å². The van der Waals surface area contributed by atoms with Crippen molar-refractivity contribution in [2.24, 2.45) is 0 Å². The molecule has 0 atom stereocenters. The van der Waals surface area contributed by atoms with Crippen LogP contribution in [0.1, 0.15) is 58.8 Å². The molecule has 0 bridgehead atoms. The van der Waals surface area contributed by atoms with Gasteiger partial charge in [0.05, 0.1) is 6.61 Å². The lowest BCUT2D eigenvalue weighted by Gasteiger charge is -2.09. The van der Waals surface area contributed by atoms with Crippen LogP contribution in [0.15, 0.2) is 24.3 Å². The number of anilines is 1. The molecule has 0 aliphatic rings. The molecule has 3 heteroatoms. The number of carbonyl (C=O) groups is 1. The van der Waals surface area contributed by atoms with Crippen molar-refractivity contribution in [1.82, 2.24) is 0 Å². The summed E-state index contributed by atoms with van der Waals surface area (Å²) in [4.78, 5) is 11.7. The van der Waals surface area contributed by atoms with E-state index in [0.29, 0.717) is 6.42 Å². The first kappa shape index (κ1) is 16.5. The number of nitrogens with one attached hydrogen (secondary N) is 1. The molecule has 0 unspecified atom stereocenters. The third kappa shape index (κ3) is 7.17. The minimum Gasteiger partial charge on any atom is -0.494 e. The van der Waals surface area contributed by atoms with Crippen molar-refractivity contribution in [3.8, 4) is 5.75 Å². The summed E-state index contributed by atoms with van der Waals surface area (Å²) in [6, 6.07) is 7.63. The van der Waals surface area contributed by atoms with E-state index in [-0.39, 0.29) is 5.91 Å². The second-order valence-corrected chi connectivity index (χ2v) is 5.09. The maximum atomic E-state index is 11.7. The highest BCUT2D eigenvalue weighted by molar-refractivity contribution is 5.90. The topological polar surface area (TPSA) is 38.3 Å². The lowest BCUT2D eigenvalue weighted by atomic mass is 10.2. The summed E-state index contributed by atoms with van der Waals surface area (Å²) in [6.07, 6.45) is 7.24. The molecule has 1 rings (SSSR count). The van der Waals surface area contributed by atoms with E-state index in [1.165, 1.54) is 12.8 Å². The molecule has 112 valence electrons. The Morgan fingerprint density at radius 3 is 2.60 bits per heavy atom. The number of rotatable bonds is 10. The van der Waals surface area contributed by atoms with Gasteiger partial charge in [0.25, 0.3) is 0 Å². The molecular weight excluding hydrogens is 250 g/mol. The molecule has 1 aromatic rings. The van der Waals surface area contributed by atoms with E-state index < -0.39 is 0 Å². The monoisotopic (exact) mass is 277 g/mol. The Balaban J connectivity index is 2.36. The van der Waals surface area contributed by atoms with Crippen LogP contribution in [0.4, 0.5) is 5.69 Å². The number of amides is 1. The quantitative estimate of drug-likeness (QED) is 0.625. The number of ether oxygens (including phenoxy) is 1. The normalized spacial score (nSPS) is 10.3. The van der Waals surface area contributed by atoms with Gasteiger partial charge in [-0.15, -0.1) is 0 Å². The Morgan fingerprint density at radius 1 is 1.10 bits per heavy atom. The Hall–Kier alpha value is -1.51. The zero-order valence-corrected chi connectivity index (χ0v) is 12.8. The summed E-state index contributed by atoms with van der Waals surface area (Å²) in [5.41, 5.74) is 0.819. The van der Waals surface area contributed by atoms with E-state index >= 15 is 0 Å². The van der Waals surface area contributed by atoms with Crippen molar-refractivity contribution in [3.63, 3.8) is 0 Å². The Morgan fingerprint density at radius 2 is 1.85 bits per heavy atom. The summed E-state index contributed by atoms with van der Waals surface area (Å²) in [7, 11) is 0. The molecule has 0 fully saturated rings. The molecule has 1 amide bonds. The van der Waals surface area contributed by atoms with Gasteiger partial charge in [-0.25, -0.2) is 0 Å². The van der Waals surface area contributed by atoms with Gasteiger partial charge in [-0.1, -0.05) is 45.6 Å². The minimum atomic E-state index is 0.0848. The largest absolute Gasteiger partial charge is 0.494 e. The van der Waals surface area contributed by atoms with Gasteiger partial charge in [0.2, 0.25) is 5.91 Å². The molecule has 20 heavy (non-hydrogen) atoms. The lowest BCUT2D eigenvalue weighted by Crippen LogP contribution is -2.11. The van der Waals surface area contributed by atoms with E-state index in [1.54, 1.807) is 0 Å². The summed E-state index contributed by atoms with van der Waals surface area (Å²) in [5.74, 6) is 0.911. The molecule has 1 aromatic carbocycles. The van der Waals surface area contributed by atoms with Gasteiger partial charge in [0.15, 0.2) is 0 Å². The molecule has 0 aromatic heterocycles. The Labute approximate surface area is 122 Å². The molecule has 0 radical (unpaired) electrons. The predicted octanol–water partition coefficient (Wildman–Crippen LogP) is 4.77. The van der Waals surface area contributed by atoms with Gasteiger partial charge in [-0.05, 0) is 25.0 Å². The van der Waals surface area contributed by atoms with Gasteiger partial charge in [-0.2, -0.15) is 0 Å². The molecule has 1 N–H and O–H groups in total. The van der Waals surface area contributed by atoms with Crippen molar-refractivity contribution in [2.75, 3.05) is 11.9 Å². The average Bonchev–Trinajstić information content (AvgIpc) is 2.44. The maximum Gasteiger partial charge on any atom is 0.224 e. The second kappa shape index (κ2) is 10.3. The molecule has 0 spiro atoms. The molecule has 3 nitrogen and oxygen atoms in total.